The van der Waals surface area contributed by atoms with Gasteiger partial charge in [-0.25, -0.2) is 0 Å². The normalized spacial score (nSPS) is 16.9. The van der Waals surface area contributed by atoms with Crippen LogP contribution >= 0.6 is 11.3 Å². The lowest BCUT2D eigenvalue weighted by atomic mass is 9.98. The predicted octanol–water partition coefficient (Wildman–Crippen LogP) is 3.18. The Morgan fingerprint density at radius 3 is 2.81 bits per heavy atom. The third-order valence-electron chi connectivity index (χ3n) is 4.65. The van der Waals surface area contributed by atoms with Crippen molar-refractivity contribution in [1.29, 1.82) is 0 Å². The molecule has 0 unspecified atom stereocenters. The lowest BCUT2D eigenvalue weighted by Gasteiger charge is -2.31. The number of benzene rings is 1. The number of carbonyl (C=O) groups is 2. The molecule has 0 bridgehead atoms. The minimum Gasteiger partial charge on any atom is -0.466 e. The molecule has 1 aromatic heterocycles. The largest absolute Gasteiger partial charge is 0.466 e. The number of ether oxygens (including phenoxy) is 1. The van der Waals surface area contributed by atoms with Gasteiger partial charge >= 0.3 is 5.97 Å². The Morgan fingerprint density at radius 1 is 1.22 bits per heavy atom. The molecule has 0 N–H and O–H groups in total. The number of hydrogen-bond acceptors (Lipinski definition) is 6. The van der Waals surface area contributed by atoms with Crippen molar-refractivity contribution < 1.29 is 14.3 Å². The van der Waals surface area contributed by atoms with Gasteiger partial charge in [-0.1, -0.05) is 30.3 Å². The first-order valence-electron chi connectivity index (χ1n) is 9.45. The van der Waals surface area contributed by atoms with E-state index in [-0.39, 0.29) is 30.6 Å². The smallest absolute Gasteiger partial charge is 0.306 e. The molecular weight excluding hydrogens is 362 g/mol. The third-order valence-corrected chi connectivity index (χ3v) is 5.74. The Bertz CT molecular complexity index is 763. The zero-order valence-corrected chi connectivity index (χ0v) is 16.4. The number of amides is 1. The van der Waals surface area contributed by atoms with E-state index in [9.17, 15) is 9.59 Å². The van der Waals surface area contributed by atoms with E-state index in [2.05, 4.69) is 22.3 Å². The Labute approximate surface area is 163 Å². The first-order valence-corrected chi connectivity index (χ1v) is 10.3. The summed E-state index contributed by atoms with van der Waals surface area (Å²) < 4.78 is 4.90. The maximum absolute atomic E-state index is 12.4. The van der Waals surface area contributed by atoms with E-state index in [0.29, 0.717) is 13.2 Å². The standard InChI is InChI=1S/C20H25N3O3S/c1-2-26-19(25)11-10-18(24)23-12-6-9-16(14-23)20-22-21-17(27-20)13-15-7-4-3-5-8-15/h3-5,7-8,16H,2,6,9-14H2,1H3/t16-/m1/s1. The van der Waals surface area contributed by atoms with E-state index in [4.69, 9.17) is 4.74 Å². The summed E-state index contributed by atoms with van der Waals surface area (Å²) in [5, 5.41) is 10.7. The molecule has 3 rings (SSSR count). The number of nitrogens with zero attached hydrogens (tertiary/aromatic N) is 3. The number of esters is 1. The minimum absolute atomic E-state index is 0.0155. The molecule has 0 aliphatic carbocycles. The van der Waals surface area contributed by atoms with Crippen molar-refractivity contribution in [2.45, 2.75) is 44.9 Å². The van der Waals surface area contributed by atoms with Gasteiger partial charge in [0, 0.05) is 31.8 Å². The molecule has 1 atom stereocenters. The van der Waals surface area contributed by atoms with Gasteiger partial charge in [0.25, 0.3) is 0 Å². The highest BCUT2D eigenvalue weighted by molar-refractivity contribution is 7.11. The number of aromatic nitrogens is 2. The third kappa shape index (κ3) is 5.60. The van der Waals surface area contributed by atoms with Crippen LogP contribution in [-0.4, -0.2) is 46.7 Å². The van der Waals surface area contributed by atoms with E-state index in [1.807, 2.05) is 23.1 Å². The summed E-state index contributed by atoms with van der Waals surface area (Å²) in [6.45, 7) is 3.51. The van der Waals surface area contributed by atoms with E-state index >= 15 is 0 Å². The van der Waals surface area contributed by atoms with Crippen molar-refractivity contribution in [3.05, 3.63) is 45.9 Å². The van der Waals surface area contributed by atoms with Gasteiger partial charge in [-0.3, -0.25) is 9.59 Å². The highest BCUT2D eigenvalue weighted by atomic mass is 32.1. The molecule has 6 nitrogen and oxygen atoms in total. The van der Waals surface area contributed by atoms with Gasteiger partial charge < -0.3 is 9.64 Å². The number of likely N-dealkylation sites (tertiary alicyclic amines) is 1. The van der Waals surface area contributed by atoms with Crippen LogP contribution in [0.1, 0.15) is 54.1 Å². The highest BCUT2D eigenvalue weighted by Crippen LogP contribution is 2.30. The summed E-state index contributed by atoms with van der Waals surface area (Å²) in [4.78, 5) is 25.7. The fourth-order valence-electron chi connectivity index (χ4n) is 3.28. The molecule has 1 aliphatic rings. The van der Waals surface area contributed by atoms with Crippen molar-refractivity contribution >= 4 is 23.2 Å². The van der Waals surface area contributed by atoms with Crippen molar-refractivity contribution in [2.75, 3.05) is 19.7 Å². The molecule has 0 saturated carbocycles. The molecule has 2 heterocycles. The number of piperidine rings is 1. The molecule has 27 heavy (non-hydrogen) atoms. The van der Waals surface area contributed by atoms with Crippen LogP contribution in [0.3, 0.4) is 0 Å². The van der Waals surface area contributed by atoms with Crippen LogP contribution in [0, 0.1) is 0 Å². The second-order valence-electron chi connectivity index (χ2n) is 6.68. The van der Waals surface area contributed by atoms with Crippen LogP contribution in [0.4, 0.5) is 0 Å². The Balaban J connectivity index is 1.55. The molecule has 0 radical (unpaired) electrons. The van der Waals surface area contributed by atoms with E-state index in [0.717, 1.165) is 35.8 Å². The van der Waals surface area contributed by atoms with Crippen molar-refractivity contribution in [3.63, 3.8) is 0 Å². The molecule has 0 spiro atoms. The lowest BCUT2D eigenvalue weighted by Crippen LogP contribution is -2.39. The highest BCUT2D eigenvalue weighted by Gasteiger charge is 2.27. The van der Waals surface area contributed by atoms with Gasteiger partial charge in [0.15, 0.2) is 0 Å². The maximum Gasteiger partial charge on any atom is 0.306 e. The van der Waals surface area contributed by atoms with Gasteiger partial charge in [-0.05, 0) is 25.3 Å². The average molecular weight is 388 g/mol. The SMILES string of the molecule is CCOC(=O)CCC(=O)N1CCC[C@@H](c2nnc(Cc3ccccc3)s2)C1. The fourth-order valence-corrected chi connectivity index (χ4v) is 4.28. The van der Waals surface area contributed by atoms with Crippen LogP contribution in [0.25, 0.3) is 0 Å². The quantitative estimate of drug-likeness (QED) is 0.682. The summed E-state index contributed by atoms with van der Waals surface area (Å²) >= 11 is 1.64. The fraction of sp³-hybridized carbons (Fsp3) is 0.500. The van der Waals surface area contributed by atoms with Crippen LogP contribution in [-0.2, 0) is 20.7 Å². The molecule has 1 saturated heterocycles. The summed E-state index contributed by atoms with van der Waals surface area (Å²) in [6.07, 6.45) is 3.10. The Hall–Kier alpha value is -2.28. The van der Waals surface area contributed by atoms with Gasteiger partial charge in [0.05, 0.1) is 13.0 Å². The molecule has 7 heteroatoms. The Kier molecular flexibility index (Phi) is 6.92. The van der Waals surface area contributed by atoms with E-state index in [1.165, 1.54) is 5.56 Å². The number of rotatable bonds is 7. The number of carbonyl (C=O) groups excluding carboxylic acids is 2. The molecule has 1 fully saturated rings. The molecular formula is C20H25N3O3S. The van der Waals surface area contributed by atoms with Crippen LogP contribution < -0.4 is 0 Å². The molecule has 144 valence electrons. The first-order chi connectivity index (χ1) is 13.2. The lowest BCUT2D eigenvalue weighted by molar-refractivity contribution is -0.145. The van der Waals surface area contributed by atoms with Crippen molar-refractivity contribution in [3.8, 4) is 0 Å². The Morgan fingerprint density at radius 2 is 2.04 bits per heavy atom. The van der Waals surface area contributed by atoms with Crippen LogP contribution in [0.5, 0.6) is 0 Å². The monoisotopic (exact) mass is 387 g/mol. The minimum atomic E-state index is -0.311. The van der Waals surface area contributed by atoms with Gasteiger partial charge in [0.1, 0.15) is 10.0 Å². The first kappa shape index (κ1) is 19.5. The van der Waals surface area contributed by atoms with Crippen molar-refractivity contribution in [1.82, 2.24) is 15.1 Å². The van der Waals surface area contributed by atoms with E-state index in [1.54, 1.807) is 18.3 Å². The second kappa shape index (κ2) is 9.60. The predicted molar refractivity (Wildman–Crippen MR) is 104 cm³/mol. The maximum atomic E-state index is 12.4. The van der Waals surface area contributed by atoms with Gasteiger partial charge in [0.2, 0.25) is 5.91 Å². The summed E-state index contributed by atoms with van der Waals surface area (Å²) in [6, 6.07) is 10.2. The topological polar surface area (TPSA) is 72.4 Å². The molecule has 1 aliphatic heterocycles. The molecule has 2 aromatic rings. The van der Waals surface area contributed by atoms with Crippen LogP contribution in [0.15, 0.2) is 30.3 Å². The van der Waals surface area contributed by atoms with Crippen LogP contribution in [0.2, 0.25) is 0 Å². The summed E-state index contributed by atoms with van der Waals surface area (Å²) in [7, 11) is 0. The zero-order valence-electron chi connectivity index (χ0n) is 15.6. The zero-order chi connectivity index (χ0) is 19.1. The van der Waals surface area contributed by atoms with Crippen molar-refractivity contribution in [2.24, 2.45) is 0 Å². The number of hydrogen-bond donors (Lipinski definition) is 0. The average Bonchev–Trinajstić information content (AvgIpc) is 3.16. The second-order valence-corrected chi connectivity index (χ2v) is 7.77. The molecule has 1 aromatic carbocycles. The summed E-state index contributed by atoms with van der Waals surface area (Å²) in [5.41, 5.74) is 1.22. The van der Waals surface area contributed by atoms with Gasteiger partial charge in [-0.15, -0.1) is 21.5 Å². The van der Waals surface area contributed by atoms with E-state index < -0.39 is 0 Å². The van der Waals surface area contributed by atoms with Gasteiger partial charge in [-0.2, -0.15) is 0 Å². The molecule has 1 amide bonds. The summed E-state index contributed by atoms with van der Waals surface area (Å²) in [5.74, 6) is -0.0665.